The molecule has 29 heavy (non-hydrogen) atoms. The van der Waals surface area contributed by atoms with Crippen molar-refractivity contribution < 1.29 is 14.4 Å². The lowest BCUT2D eigenvalue weighted by atomic mass is 9.71. The number of ether oxygens (including phenoxy) is 1. The van der Waals surface area contributed by atoms with Crippen LogP contribution < -0.4 is 15.9 Å². The van der Waals surface area contributed by atoms with Gasteiger partial charge in [-0.2, -0.15) is 0 Å². The number of hydrogen-bond acceptors (Lipinski definition) is 5. The predicted molar refractivity (Wildman–Crippen MR) is 115 cm³/mol. The lowest BCUT2D eigenvalue weighted by Crippen LogP contribution is -2.42. The highest BCUT2D eigenvalue weighted by Gasteiger charge is 2.31. The van der Waals surface area contributed by atoms with Gasteiger partial charge in [0, 0.05) is 24.4 Å². The van der Waals surface area contributed by atoms with Crippen molar-refractivity contribution in [3.63, 3.8) is 0 Å². The van der Waals surface area contributed by atoms with Crippen LogP contribution in [0.25, 0.3) is 0 Å². The Labute approximate surface area is 175 Å². The minimum Gasteiger partial charge on any atom is -0.488 e. The molecule has 1 atom stereocenters. The van der Waals surface area contributed by atoms with Gasteiger partial charge in [-0.3, -0.25) is 10.4 Å². The normalized spacial score (nSPS) is 15.2. The summed E-state index contributed by atoms with van der Waals surface area (Å²) >= 11 is 0. The second-order valence-corrected chi connectivity index (χ2v) is 6.70. The second kappa shape index (κ2) is 9.09. The molecule has 3 aromatic rings. The van der Waals surface area contributed by atoms with E-state index in [1.807, 2.05) is 48.5 Å². The topological polar surface area (TPSA) is 101 Å². The fourth-order valence-electron chi connectivity index (χ4n) is 3.36. The Hall–Kier alpha value is -2.87. The van der Waals surface area contributed by atoms with Crippen LogP contribution in [-0.2, 0) is 17.7 Å². The monoisotopic (exact) mass is 409 g/mol. The number of nitrogens with one attached hydrogen (secondary N) is 1. The van der Waals surface area contributed by atoms with Gasteiger partial charge in [-0.1, -0.05) is 36.4 Å². The molecule has 0 saturated carbocycles. The molecule has 2 heterocycles. The van der Waals surface area contributed by atoms with Crippen LogP contribution in [0.2, 0.25) is 0 Å². The molecule has 1 aromatic heterocycles. The molecule has 0 radical (unpaired) electrons. The standard InChI is InChI=1S/C21H20BN3O3.ClH/c23-21(24)17-8-7-16(11-20(17)27-13-14-4-3-9-25-12-14)19-10-15-5-1-2-6-18(15)22(26)28-19;/h1-9,11-12,19,26H,10,13H2,(H3,23,24);1H. The van der Waals surface area contributed by atoms with Crippen LogP contribution >= 0.6 is 12.4 Å². The zero-order chi connectivity index (χ0) is 19.5. The van der Waals surface area contributed by atoms with Gasteiger partial charge in [-0.25, -0.2) is 0 Å². The van der Waals surface area contributed by atoms with Crippen LogP contribution in [0.3, 0.4) is 0 Å². The molecule has 8 heteroatoms. The molecule has 4 N–H and O–H groups in total. The quantitative estimate of drug-likeness (QED) is 0.341. The van der Waals surface area contributed by atoms with Crippen molar-refractivity contribution in [3.8, 4) is 5.75 Å². The fraction of sp³-hybridized carbons (Fsp3) is 0.143. The number of nitrogens with two attached hydrogens (primary N) is 1. The lowest BCUT2D eigenvalue weighted by molar-refractivity contribution is 0.167. The van der Waals surface area contributed by atoms with Gasteiger partial charge in [0.15, 0.2) is 0 Å². The Bertz CT molecular complexity index is 1000. The number of nitrogens with zero attached hydrogens (tertiary/aromatic N) is 1. The third-order valence-corrected chi connectivity index (χ3v) is 4.80. The van der Waals surface area contributed by atoms with Gasteiger partial charge >= 0.3 is 7.12 Å². The maximum Gasteiger partial charge on any atom is 0.491 e. The van der Waals surface area contributed by atoms with Crippen molar-refractivity contribution in [1.29, 1.82) is 5.41 Å². The summed E-state index contributed by atoms with van der Waals surface area (Å²) in [5.74, 6) is 0.438. The highest BCUT2D eigenvalue weighted by atomic mass is 35.5. The van der Waals surface area contributed by atoms with Crippen molar-refractivity contribution in [2.75, 3.05) is 0 Å². The largest absolute Gasteiger partial charge is 0.491 e. The third-order valence-electron chi connectivity index (χ3n) is 4.80. The number of fused-ring (bicyclic) bond motifs is 1. The van der Waals surface area contributed by atoms with E-state index in [-0.39, 0.29) is 24.3 Å². The molecule has 1 aliphatic heterocycles. The summed E-state index contributed by atoms with van der Waals surface area (Å²) in [7, 11) is -0.970. The van der Waals surface area contributed by atoms with Crippen molar-refractivity contribution in [2.24, 2.45) is 5.73 Å². The molecular formula is C21H21BClN3O3. The number of nitrogen functional groups attached to an aromatic ring is 1. The summed E-state index contributed by atoms with van der Waals surface area (Å²) in [6.07, 6.45) is 3.77. The van der Waals surface area contributed by atoms with E-state index in [0.717, 1.165) is 22.2 Å². The number of pyridine rings is 1. The van der Waals surface area contributed by atoms with Crippen LogP contribution in [0.4, 0.5) is 0 Å². The summed E-state index contributed by atoms with van der Waals surface area (Å²) in [6, 6.07) is 16.9. The Kier molecular flexibility index (Phi) is 6.54. The molecule has 2 aromatic carbocycles. The van der Waals surface area contributed by atoms with E-state index in [2.05, 4.69) is 4.98 Å². The van der Waals surface area contributed by atoms with Gasteiger partial charge in [0.1, 0.15) is 18.2 Å². The average molecular weight is 410 g/mol. The molecule has 0 spiro atoms. The Morgan fingerprint density at radius 3 is 2.83 bits per heavy atom. The van der Waals surface area contributed by atoms with E-state index in [0.29, 0.717) is 24.3 Å². The molecule has 148 valence electrons. The highest BCUT2D eigenvalue weighted by Crippen LogP contribution is 2.31. The van der Waals surface area contributed by atoms with Gasteiger partial charge < -0.3 is 20.1 Å². The molecule has 4 rings (SSSR count). The van der Waals surface area contributed by atoms with E-state index in [1.165, 1.54) is 0 Å². The Morgan fingerprint density at radius 1 is 1.24 bits per heavy atom. The molecule has 0 bridgehead atoms. The molecule has 1 unspecified atom stereocenters. The number of rotatable bonds is 5. The lowest BCUT2D eigenvalue weighted by Gasteiger charge is -2.28. The summed E-state index contributed by atoms with van der Waals surface area (Å²) in [6.45, 7) is 0.314. The smallest absolute Gasteiger partial charge is 0.488 e. The predicted octanol–water partition coefficient (Wildman–Crippen LogP) is 2.37. The first-order chi connectivity index (χ1) is 13.6. The molecule has 6 nitrogen and oxygen atoms in total. The average Bonchev–Trinajstić information content (AvgIpc) is 2.72. The molecule has 1 aliphatic rings. The highest BCUT2D eigenvalue weighted by molar-refractivity contribution is 6.60. The molecule has 0 aliphatic carbocycles. The van der Waals surface area contributed by atoms with Crippen LogP contribution in [0.1, 0.15) is 28.4 Å². The first-order valence-electron chi connectivity index (χ1n) is 9.03. The maximum atomic E-state index is 10.3. The third kappa shape index (κ3) is 4.59. The SMILES string of the molecule is Cl.N=C(N)c1ccc(C2Cc3ccccc3B(O)O2)cc1OCc1cccnc1. The van der Waals surface area contributed by atoms with Crippen LogP contribution in [-0.4, -0.2) is 23.0 Å². The summed E-state index contributed by atoms with van der Waals surface area (Å²) in [5.41, 5.74) is 9.87. The maximum absolute atomic E-state index is 10.3. The van der Waals surface area contributed by atoms with Crippen molar-refractivity contribution in [2.45, 2.75) is 19.1 Å². The van der Waals surface area contributed by atoms with Crippen LogP contribution in [0.15, 0.2) is 67.0 Å². The molecule has 0 saturated heterocycles. The van der Waals surface area contributed by atoms with E-state index in [9.17, 15) is 5.02 Å². The first-order valence-corrected chi connectivity index (χ1v) is 9.03. The summed E-state index contributed by atoms with van der Waals surface area (Å²) in [4.78, 5) is 4.08. The van der Waals surface area contributed by atoms with Gasteiger partial charge in [0.2, 0.25) is 0 Å². The first kappa shape index (κ1) is 20.9. The summed E-state index contributed by atoms with van der Waals surface area (Å²) < 4.78 is 11.8. The summed E-state index contributed by atoms with van der Waals surface area (Å²) in [5, 5.41) is 18.2. The molecule has 0 fully saturated rings. The van der Waals surface area contributed by atoms with E-state index in [4.69, 9.17) is 20.5 Å². The number of benzene rings is 2. The van der Waals surface area contributed by atoms with Crippen molar-refractivity contribution in [1.82, 2.24) is 4.98 Å². The number of amidine groups is 1. The van der Waals surface area contributed by atoms with E-state index >= 15 is 0 Å². The van der Waals surface area contributed by atoms with E-state index in [1.54, 1.807) is 18.5 Å². The van der Waals surface area contributed by atoms with Crippen LogP contribution in [0.5, 0.6) is 5.75 Å². The van der Waals surface area contributed by atoms with Crippen LogP contribution in [0, 0.1) is 5.41 Å². The minimum atomic E-state index is -0.970. The van der Waals surface area contributed by atoms with Gasteiger partial charge in [0.05, 0.1) is 11.7 Å². The van der Waals surface area contributed by atoms with Gasteiger partial charge in [-0.15, -0.1) is 12.4 Å². The van der Waals surface area contributed by atoms with Crippen molar-refractivity contribution >= 4 is 30.8 Å². The number of aromatic nitrogens is 1. The number of hydrogen-bond donors (Lipinski definition) is 3. The molecule has 0 amide bonds. The van der Waals surface area contributed by atoms with E-state index < -0.39 is 7.12 Å². The van der Waals surface area contributed by atoms with Gasteiger partial charge in [-0.05, 0) is 34.8 Å². The zero-order valence-electron chi connectivity index (χ0n) is 15.6. The minimum absolute atomic E-state index is 0. The zero-order valence-corrected chi connectivity index (χ0v) is 16.4. The Balaban J connectivity index is 0.00000240. The Morgan fingerprint density at radius 2 is 2.07 bits per heavy atom. The van der Waals surface area contributed by atoms with Crippen molar-refractivity contribution in [3.05, 3.63) is 89.2 Å². The fourth-order valence-corrected chi connectivity index (χ4v) is 3.36. The molecular weight excluding hydrogens is 389 g/mol. The van der Waals surface area contributed by atoms with Gasteiger partial charge in [0.25, 0.3) is 0 Å². The second-order valence-electron chi connectivity index (χ2n) is 6.70. The number of halogens is 1.